The van der Waals surface area contributed by atoms with Crippen molar-refractivity contribution in [1.29, 1.82) is 0 Å². The zero-order chi connectivity index (χ0) is 48.9. The number of aliphatic hydroxyl groups is 13. The van der Waals surface area contributed by atoms with Crippen LogP contribution < -0.4 is 0 Å². The zero-order valence-corrected chi connectivity index (χ0v) is 39.6. The molecule has 25 atom stereocenters. The van der Waals surface area contributed by atoms with Gasteiger partial charge in [-0.15, -0.1) is 0 Å². The topological polar surface area (TPSA) is 318 Å². The third-order valence-electron chi connectivity index (χ3n) is 18.2. The maximum Gasteiger partial charge on any atom is 0.187 e. The minimum absolute atomic E-state index is 0.125. The Morgan fingerprint density at radius 3 is 1.89 bits per heavy atom. The Kier molecular flexibility index (Phi) is 15.1. The highest BCUT2D eigenvalue weighted by Gasteiger charge is 2.74. The van der Waals surface area contributed by atoms with Gasteiger partial charge in [0.25, 0.3) is 0 Å². The first-order valence-electron chi connectivity index (χ1n) is 23.9. The lowest BCUT2D eigenvalue weighted by Crippen LogP contribution is -2.71. The summed E-state index contributed by atoms with van der Waals surface area (Å²) in [5.74, 6) is -1.38. The van der Waals surface area contributed by atoms with Crippen molar-refractivity contribution >= 4 is 0 Å². The summed E-state index contributed by atoms with van der Waals surface area (Å²) in [6.45, 7) is 13.9. The maximum atomic E-state index is 12.7. The molecule has 0 amide bonds. The number of rotatable bonds is 12. The number of ether oxygens (including phenoxy) is 6. The molecule has 3 saturated heterocycles. The Bertz CT molecular complexity index is 1700. The summed E-state index contributed by atoms with van der Waals surface area (Å²) < 4.78 is 37.6. The average Bonchev–Trinajstić information content (AvgIpc) is 3.63. The molecule has 13 N–H and O–H groups in total. The predicted octanol–water partition coefficient (Wildman–Crippen LogP) is -1.45. The van der Waals surface area contributed by atoms with Gasteiger partial charge in [0.05, 0.1) is 49.3 Å². The van der Waals surface area contributed by atoms with E-state index in [0.717, 1.165) is 0 Å². The molecular weight excluding hydrogens is 868 g/mol. The van der Waals surface area contributed by atoms with E-state index in [1.165, 1.54) is 0 Å². The predicted molar refractivity (Wildman–Crippen MR) is 230 cm³/mol. The van der Waals surface area contributed by atoms with Crippen molar-refractivity contribution in [3.05, 3.63) is 12.2 Å². The van der Waals surface area contributed by atoms with Gasteiger partial charge in [0.15, 0.2) is 18.9 Å². The number of fused-ring (bicyclic) bond motifs is 5. The molecule has 0 unspecified atom stereocenters. The lowest BCUT2D eigenvalue weighted by molar-refractivity contribution is -0.377. The SMILES string of the molecule is CC(C)(O)/C=C\C[C@](C)(O[C@@H]1O[C@H](CO)[C@@H](O)[C@H](O)[C@H]1O)[C@H]1CC[C@]2(C)[C@@H]1[C@H](O)C[C@@H]1[C@@]3(C)CC[C@H](O)C(C)(C)[C@@H]3[C@@H](O[C@@H]3O[C@H](CO)[C@@H](O)[C@H](O)[C@H]3O[C@@H]3OC[C@@H](O)[C@H](O)[C@H]3O)C[C@]12C. The fraction of sp³-hybridized carbons (Fsp3) is 0.957. The van der Waals surface area contributed by atoms with Crippen LogP contribution in [0.2, 0.25) is 0 Å². The van der Waals surface area contributed by atoms with E-state index in [1.54, 1.807) is 26.0 Å². The van der Waals surface area contributed by atoms with Crippen molar-refractivity contribution in [3.63, 3.8) is 0 Å². The van der Waals surface area contributed by atoms with Gasteiger partial charge in [-0.05, 0) is 111 Å². The average molecular weight is 949 g/mol. The second-order valence-corrected chi connectivity index (χ2v) is 23.0. The number of aliphatic hydroxyl groups excluding tert-OH is 12. The molecule has 3 heterocycles. The third kappa shape index (κ3) is 8.89. The number of hydrogen-bond donors (Lipinski definition) is 13. The zero-order valence-electron chi connectivity index (χ0n) is 39.6. The van der Waals surface area contributed by atoms with Gasteiger partial charge in [-0.25, -0.2) is 0 Å². The van der Waals surface area contributed by atoms with Crippen molar-refractivity contribution in [3.8, 4) is 0 Å². The molecule has 3 aliphatic heterocycles. The van der Waals surface area contributed by atoms with Crippen molar-refractivity contribution < 1.29 is 94.8 Å². The van der Waals surface area contributed by atoms with Gasteiger partial charge < -0.3 is 94.8 Å². The van der Waals surface area contributed by atoms with Crippen molar-refractivity contribution in [1.82, 2.24) is 0 Å². The summed E-state index contributed by atoms with van der Waals surface area (Å²) in [7, 11) is 0. The first-order chi connectivity index (χ1) is 30.6. The van der Waals surface area contributed by atoms with Gasteiger partial charge in [-0.2, -0.15) is 0 Å². The van der Waals surface area contributed by atoms with E-state index in [4.69, 9.17) is 28.4 Å². The van der Waals surface area contributed by atoms with Crippen LogP contribution in [0, 0.1) is 45.3 Å². The molecular formula is C47H80O19. The van der Waals surface area contributed by atoms with E-state index in [9.17, 15) is 66.4 Å². The largest absolute Gasteiger partial charge is 0.394 e. The van der Waals surface area contributed by atoms with Crippen molar-refractivity contribution in [2.45, 2.75) is 216 Å². The third-order valence-corrected chi connectivity index (χ3v) is 18.2. The van der Waals surface area contributed by atoms with Crippen molar-refractivity contribution in [2.24, 2.45) is 45.3 Å². The molecule has 0 spiro atoms. The van der Waals surface area contributed by atoms with Gasteiger partial charge in [0.2, 0.25) is 0 Å². The monoisotopic (exact) mass is 949 g/mol. The fourth-order valence-corrected chi connectivity index (χ4v) is 14.5. The molecule has 0 aromatic heterocycles. The Hall–Kier alpha value is -1.02. The summed E-state index contributed by atoms with van der Waals surface area (Å²) in [6.07, 6.45) is -17.6. The molecule has 4 saturated carbocycles. The van der Waals surface area contributed by atoms with Crippen LogP contribution in [0.1, 0.15) is 100 Å². The second-order valence-electron chi connectivity index (χ2n) is 23.0. The van der Waals surface area contributed by atoms with E-state index >= 15 is 0 Å². The summed E-state index contributed by atoms with van der Waals surface area (Å²) in [5.41, 5.74) is -5.04. The standard InChI is InChI=1S/C47H80O19/c1-42(2,60)12-9-13-47(8,66-40-36(59)33(56)31(54)25(18-48)63-40)21-10-15-45(6)29(21)22(50)16-27-44(5)14-11-28(52)43(3,4)38(44)24(17-46(27,45)7)62-41-37(34(57)32(55)26(19-49)64-41)65-39-35(58)30(53)23(51)20-61-39/h9,12,21-41,48-60H,10-11,13-20H2,1-8H3/b12-9-/t21-,22+,23+,24-,25+,26+,27+,28-,29-,30-,31+,32+,33-,34-,35+,36+,37+,38-,39-,40-,41+,44+,45+,46+,47-/m0/s1. The molecule has 7 aliphatic rings. The number of hydrogen-bond acceptors (Lipinski definition) is 19. The Balaban J connectivity index is 1.27. The van der Waals surface area contributed by atoms with E-state index in [-0.39, 0.29) is 12.3 Å². The molecule has 0 bridgehead atoms. The molecule has 4 aliphatic carbocycles. The van der Waals surface area contributed by atoms with Gasteiger partial charge in [0, 0.05) is 0 Å². The molecule has 19 nitrogen and oxygen atoms in total. The first kappa shape index (κ1) is 52.8. The summed E-state index contributed by atoms with van der Waals surface area (Å²) in [4.78, 5) is 0. The maximum absolute atomic E-state index is 12.7. The van der Waals surface area contributed by atoms with Gasteiger partial charge in [-0.3, -0.25) is 0 Å². The Labute approximate surface area is 387 Å². The van der Waals surface area contributed by atoms with Crippen LogP contribution in [0.4, 0.5) is 0 Å². The highest BCUT2D eigenvalue weighted by molar-refractivity contribution is 5.22. The highest BCUT2D eigenvalue weighted by Crippen LogP contribution is 2.76. The molecule has 382 valence electrons. The van der Waals surface area contributed by atoms with Crippen LogP contribution in [0.3, 0.4) is 0 Å². The van der Waals surface area contributed by atoms with E-state index in [1.807, 2.05) is 20.8 Å². The lowest BCUT2D eigenvalue weighted by atomic mass is 9.34. The van der Waals surface area contributed by atoms with Gasteiger partial charge >= 0.3 is 0 Å². The second kappa shape index (κ2) is 18.9. The first-order valence-corrected chi connectivity index (χ1v) is 23.9. The molecule has 66 heavy (non-hydrogen) atoms. The minimum Gasteiger partial charge on any atom is -0.394 e. The van der Waals surface area contributed by atoms with Crippen LogP contribution in [0.5, 0.6) is 0 Å². The van der Waals surface area contributed by atoms with Crippen LogP contribution in [0.25, 0.3) is 0 Å². The summed E-state index contributed by atoms with van der Waals surface area (Å²) in [6, 6.07) is 0. The summed E-state index contributed by atoms with van der Waals surface area (Å²) >= 11 is 0. The van der Waals surface area contributed by atoms with Gasteiger partial charge in [-0.1, -0.05) is 46.8 Å². The molecule has 19 heteroatoms. The smallest absolute Gasteiger partial charge is 0.187 e. The molecule has 7 rings (SSSR count). The van der Waals surface area contributed by atoms with Crippen LogP contribution in [-0.2, 0) is 28.4 Å². The van der Waals surface area contributed by atoms with Crippen LogP contribution >= 0.6 is 0 Å². The van der Waals surface area contributed by atoms with Crippen LogP contribution in [0.15, 0.2) is 12.2 Å². The Morgan fingerprint density at radius 2 is 1.27 bits per heavy atom. The quantitative estimate of drug-likeness (QED) is 0.0787. The summed E-state index contributed by atoms with van der Waals surface area (Å²) in [5, 5.41) is 142. The molecule has 0 radical (unpaired) electrons. The minimum atomic E-state index is -1.75. The molecule has 0 aromatic carbocycles. The van der Waals surface area contributed by atoms with E-state index in [0.29, 0.717) is 38.5 Å². The molecule has 0 aromatic rings. The van der Waals surface area contributed by atoms with E-state index < -0.39 is 175 Å². The van der Waals surface area contributed by atoms with E-state index in [2.05, 4.69) is 20.8 Å². The fourth-order valence-electron chi connectivity index (χ4n) is 14.5. The normalized spacial score (nSPS) is 52.9. The van der Waals surface area contributed by atoms with Crippen molar-refractivity contribution in [2.75, 3.05) is 19.8 Å². The highest BCUT2D eigenvalue weighted by atomic mass is 16.8. The molecule has 7 fully saturated rings. The van der Waals surface area contributed by atoms with Crippen LogP contribution in [-0.4, -0.2) is 202 Å². The lowest BCUT2D eigenvalue weighted by Gasteiger charge is -2.72. The Morgan fingerprint density at radius 1 is 0.667 bits per heavy atom. The van der Waals surface area contributed by atoms with Gasteiger partial charge in [0.1, 0.15) is 67.1 Å².